The van der Waals surface area contributed by atoms with Gasteiger partial charge in [0.15, 0.2) is 5.96 Å². The van der Waals surface area contributed by atoms with E-state index >= 15 is 0 Å². The maximum atomic E-state index is 6.01. The normalized spacial score (nSPS) is 20.4. The van der Waals surface area contributed by atoms with Crippen LogP contribution in [0.3, 0.4) is 0 Å². The summed E-state index contributed by atoms with van der Waals surface area (Å²) in [6.45, 7) is 4.94. The van der Waals surface area contributed by atoms with Gasteiger partial charge < -0.3 is 10.6 Å². The van der Waals surface area contributed by atoms with Crippen LogP contribution in [0.2, 0.25) is 0 Å². The Balaban J connectivity index is 0.00000162. The number of nitrogens with zero attached hydrogens (tertiary/aromatic N) is 3. The van der Waals surface area contributed by atoms with Gasteiger partial charge in [0.2, 0.25) is 0 Å². The van der Waals surface area contributed by atoms with E-state index in [9.17, 15) is 0 Å². The molecule has 1 aromatic heterocycles. The second-order valence-electron chi connectivity index (χ2n) is 4.73. The molecule has 1 saturated heterocycles. The molecule has 100 valence electrons. The van der Waals surface area contributed by atoms with E-state index in [2.05, 4.69) is 21.8 Å². The molecule has 18 heavy (non-hydrogen) atoms. The lowest BCUT2D eigenvalue weighted by molar-refractivity contribution is 0.270. The van der Waals surface area contributed by atoms with Gasteiger partial charge in [-0.1, -0.05) is 13.0 Å². The Kier molecular flexibility index (Phi) is 6.38. The van der Waals surface area contributed by atoms with Crippen molar-refractivity contribution in [2.75, 3.05) is 13.1 Å². The molecule has 0 bridgehead atoms. The third kappa shape index (κ3) is 4.44. The van der Waals surface area contributed by atoms with E-state index in [1.165, 1.54) is 12.8 Å². The summed E-state index contributed by atoms with van der Waals surface area (Å²) in [5, 5.41) is 0. The molecule has 1 aliphatic rings. The highest BCUT2D eigenvalue weighted by atomic mass is 127. The van der Waals surface area contributed by atoms with Crippen molar-refractivity contribution in [3.05, 3.63) is 30.1 Å². The predicted octanol–water partition coefficient (Wildman–Crippen LogP) is 2.25. The molecule has 1 unspecified atom stereocenters. The highest BCUT2D eigenvalue weighted by molar-refractivity contribution is 14.0. The highest BCUT2D eigenvalue weighted by Gasteiger charge is 2.17. The number of nitrogens with two attached hydrogens (primary N) is 1. The van der Waals surface area contributed by atoms with Crippen LogP contribution in [0.25, 0.3) is 0 Å². The number of aliphatic imine (C=N–C) groups is 1. The first-order valence-corrected chi connectivity index (χ1v) is 6.19. The molecule has 0 amide bonds. The Labute approximate surface area is 126 Å². The molecule has 0 radical (unpaired) electrons. The minimum atomic E-state index is 0. The Morgan fingerprint density at radius 2 is 2.44 bits per heavy atom. The van der Waals surface area contributed by atoms with Gasteiger partial charge in [-0.25, -0.2) is 4.99 Å². The average Bonchev–Trinajstić information content (AvgIpc) is 2.37. The van der Waals surface area contributed by atoms with Gasteiger partial charge in [-0.05, 0) is 30.4 Å². The van der Waals surface area contributed by atoms with E-state index in [0.29, 0.717) is 12.5 Å². The first-order chi connectivity index (χ1) is 8.25. The smallest absolute Gasteiger partial charge is 0.191 e. The van der Waals surface area contributed by atoms with E-state index < -0.39 is 0 Å². The Hall–Kier alpha value is -0.850. The molecule has 2 N–H and O–H groups in total. The first kappa shape index (κ1) is 15.2. The summed E-state index contributed by atoms with van der Waals surface area (Å²) in [6.07, 6.45) is 6.11. The molecule has 1 aliphatic heterocycles. The van der Waals surface area contributed by atoms with Crippen molar-refractivity contribution in [2.24, 2.45) is 16.6 Å². The van der Waals surface area contributed by atoms with Gasteiger partial charge in [-0.2, -0.15) is 0 Å². The van der Waals surface area contributed by atoms with Crippen LogP contribution in [0.15, 0.2) is 29.5 Å². The molecule has 1 aromatic rings. The monoisotopic (exact) mass is 360 g/mol. The van der Waals surface area contributed by atoms with Crippen LogP contribution in [0.5, 0.6) is 0 Å². The summed E-state index contributed by atoms with van der Waals surface area (Å²) in [7, 11) is 0. The maximum absolute atomic E-state index is 6.01. The van der Waals surface area contributed by atoms with Crippen molar-refractivity contribution in [3.63, 3.8) is 0 Å². The predicted molar refractivity (Wildman–Crippen MR) is 84.9 cm³/mol. The molecule has 2 heterocycles. The molecule has 2 rings (SSSR count). The van der Waals surface area contributed by atoms with Crippen molar-refractivity contribution in [1.82, 2.24) is 9.88 Å². The van der Waals surface area contributed by atoms with Gasteiger partial charge in [0, 0.05) is 25.5 Å². The van der Waals surface area contributed by atoms with Gasteiger partial charge in [0.05, 0.1) is 6.54 Å². The summed E-state index contributed by atoms with van der Waals surface area (Å²) < 4.78 is 0. The third-order valence-corrected chi connectivity index (χ3v) is 3.13. The topological polar surface area (TPSA) is 54.5 Å². The van der Waals surface area contributed by atoms with E-state index in [4.69, 9.17) is 5.73 Å². The van der Waals surface area contributed by atoms with E-state index in [1.54, 1.807) is 6.20 Å². The Morgan fingerprint density at radius 1 is 1.61 bits per heavy atom. The number of hydrogen-bond donors (Lipinski definition) is 1. The molecule has 0 aliphatic carbocycles. The van der Waals surface area contributed by atoms with Crippen molar-refractivity contribution in [1.29, 1.82) is 0 Å². The van der Waals surface area contributed by atoms with Crippen molar-refractivity contribution in [2.45, 2.75) is 26.3 Å². The molecule has 1 atom stereocenters. The number of guanidine groups is 1. The second kappa shape index (κ2) is 7.56. The lowest BCUT2D eigenvalue weighted by atomic mass is 10.0. The van der Waals surface area contributed by atoms with Crippen LogP contribution in [0, 0.1) is 5.92 Å². The van der Waals surface area contributed by atoms with E-state index in [-0.39, 0.29) is 24.0 Å². The van der Waals surface area contributed by atoms with Crippen molar-refractivity contribution < 1.29 is 0 Å². The number of likely N-dealkylation sites (tertiary alicyclic amines) is 1. The lowest BCUT2D eigenvalue weighted by Crippen LogP contribution is -2.43. The van der Waals surface area contributed by atoms with Crippen LogP contribution in [-0.4, -0.2) is 28.9 Å². The summed E-state index contributed by atoms with van der Waals surface area (Å²) in [5.74, 6) is 1.39. The van der Waals surface area contributed by atoms with E-state index in [0.717, 1.165) is 24.6 Å². The standard InChI is InChI=1S/C13H20N4.HI/c1-11-4-3-7-17(10-11)13(14)16-9-12-5-2-6-15-8-12;/h2,5-6,8,11H,3-4,7,9-10H2,1H3,(H2,14,16);1H. The zero-order valence-electron chi connectivity index (χ0n) is 10.7. The Morgan fingerprint density at radius 3 is 3.11 bits per heavy atom. The van der Waals surface area contributed by atoms with Crippen LogP contribution in [0.1, 0.15) is 25.3 Å². The van der Waals surface area contributed by atoms with Gasteiger partial charge in [-0.3, -0.25) is 4.98 Å². The zero-order chi connectivity index (χ0) is 12.1. The molecule has 4 nitrogen and oxygen atoms in total. The minimum Gasteiger partial charge on any atom is -0.370 e. The number of halogens is 1. The summed E-state index contributed by atoms with van der Waals surface area (Å²) in [6, 6.07) is 3.94. The fraction of sp³-hybridized carbons (Fsp3) is 0.538. The lowest BCUT2D eigenvalue weighted by Gasteiger charge is -2.31. The number of aromatic nitrogens is 1. The second-order valence-corrected chi connectivity index (χ2v) is 4.73. The van der Waals surface area contributed by atoms with Gasteiger partial charge in [0.1, 0.15) is 0 Å². The number of piperidine rings is 1. The highest BCUT2D eigenvalue weighted by Crippen LogP contribution is 2.15. The molecular weight excluding hydrogens is 339 g/mol. The number of rotatable bonds is 2. The van der Waals surface area contributed by atoms with Gasteiger partial charge >= 0.3 is 0 Å². The van der Waals surface area contributed by atoms with Gasteiger partial charge in [0.25, 0.3) is 0 Å². The summed E-state index contributed by atoms with van der Waals surface area (Å²) in [5.41, 5.74) is 7.11. The van der Waals surface area contributed by atoms with Crippen molar-refractivity contribution >= 4 is 29.9 Å². The maximum Gasteiger partial charge on any atom is 0.191 e. The molecule has 0 saturated carbocycles. The molecule has 5 heteroatoms. The first-order valence-electron chi connectivity index (χ1n) is 6.19. The molecule has 0 spiro atoms. The summed E-state index contributed by atoms with van der Waals surface area (Å²) >= 11 is 0. The van der Waals surface area contributed by atoms with Crippen LogP contribution in [0.4, 0.5) is 0 Å². The van der Waals surface area contributed by atoms with Gasteiger partial charge in [-0.15, -0.1) is 24.0 Å². The third-order valence-electron chi connectivity index (χ3n) is 3.13. The molecule has 1 fully saturated rings. The van der Waals surface area contributed by atoms with Crippen molar-refractivity contribution in [3.8, 4) is 0 Å². The van der Waals surface area contributed by atoms with Crippen LogP contribution < -0.4 is 5.73 Å². The summed E-state index contributed by atoms with van der Waals surface area (Å²) in [4.78, 5) is 10.7. The SMILES string of the molecule is CC1CCCN(C(N)=NCc2cccnc2)C1.I. The average molecular weight is 360 g/mol. The van der Waals surface area contributed by atoms with E-state index in [1.807, 2.05) is 18.3 Å². The minimum absolute atomic E-state index is 0. The Bertz CT molecular complexity index is 380. The quantitative estimate of drug-likeness (QED) is 0.500. The largest absolute Gasteiger partial charge is 0.370 e. The molecular formula is C13H21IN4. The fourth-order valence-electron chi connectivity index (χ4n) is 2.16. The zero-order valence-corrected chi connectivity index (χ0v) is 13.1. The number of pyridine rings is 1. The van der Waals surface area contributed by atoms with Crippen LogP contribution in [-0.2, 0) is 6.54 Å². The fourth-order valence-corrected chi connectivity index (χ4v) is 2.16. The number of hydrogen-bond acceptors (Lipinski definition) is 2. The van der Waals surface area contributed by atoms with Crippen LogP contribution >= 0.6 is 24.0 Å². The molecule has 0 aromatic carbocycles.